The van der Waals surface area contributed by atoms with E-state index in [9.17, 15) is 4.79 Å². The number of thioether (sulfide) groups is 1. The molecule has 0 saturated heterocycles. The van der Waals surface area contributed by atoms with Gasteiger partial charge in [-0.2, -0.15) is 0 Å². The van der Waals surface area contributed by atoms with Gasteiger partial charge in [-0.05, 0) is 80.9 Å². The Morgan fingerprint density at radius 3 is 2.32 bits per heavy atom. The first-order valence-corrected chi connectivity index (χ1v) is 13.3. The van der Waals surface area contributed by atoms with Crippen molar-refractivity contribution in [3.05, 3.63) is 60.4 Å². The van der Waals surface area contributed by atoms with Gasteiger partial charge in [-0.3, -0.25) is 14.3 Å². The Balaban J connectivity index is 1.22. The van der Waals surface area contributed by atoms with Crippen LogP contribution in [0.3, 0.4) is 0 Å². The Bertz CT molecular complexity index is 1130. The third-order valence-electron chi connectivity index (χ3n) is 7.92. The van der Waals surface area contributed by atoms with Crippen LogP contribution in [0, 0.1) is 17.8 Å². The van der Waals surface area contributed by atoms with E-state index < -0.39 is 0 Å². The summed E-state index contributed by atoms with van der Waals surface area (Å²) in [6.45, 7) is 2.64. The summed E-state index contributed by atoms with van der Waals surface area (Å²) in [5, 5.41) is 13.1. The SMILES string of the molecule is C[C@H](Sc1nnc(-c2ccncc2)n1Cc1ccccc1)C(=O)NC12CC3CC(CC(C3)C1)C2. The lowest BCUT2D eigenvalue weighted by molar-refractivity contribution is -0.126. The van der Waals surface area contributed by atoms with Gasteiger partial charge in [-0.25, -0.2) is 0 Å². The van der Waals surface area contributed by atoms with Crippen molar-refractivity contribution in [2.75, 3.05) is 0 Å². The molecule has 7 rings (SSSR count). The lowest BCUT2D eigenvalue weighted by atomic mass is 9.53. The molecule has 0 radical (unpaired) electrons. The molecule has 4 aliphatic carbocycles. The molecule has 0 aliphatic heterocycles. The standard InChI is InChI=1S/C27H31N5OS/c1-18(25(33)29-27-14-20-11-21(15-27)13-22(12-20)16-27)34-26-31-30-24(23-7-9-28-10-8-23)32(26)17-19-5-3-2-4-6-19/h2-10,18,20-22H,11-17H2,1H3,(H,29,33)/t18-,20?,21?,22?,27?/m0/s1. The molecule has 7 heteroatoms. The highest BCUT2D eigenvalue weighted by molar-refractivity contribution is 8.00. The molecule has 0 unspecified atom stereocenters. The van der Waals surface area contributed by atoms with Crippen molar-refractivity contribution in [2.24, 2.45) is 17.8 Å². The van der Waals surface area contributed by atoms with E-state index in [2.05, 4.69) is 37.2 Å². The highest BCUT2D eigenvalue weighted by Gasteiger charge is 2.51. The molecule has 4 saturated carbocycles. The molecule has 4 bridgehead atoms. The van der Waals surface area contributed by atoms with Crippen LogP contribution in [0.1, 0.15) is 51.0 Å². The minimum atomic E-state index is -0.239. The molecule has 1 aromatic carbocycles. The second-order valence-electron chi connectivity index (χ2n) is 10.6. The van der Waals surface area contributed by atoms with E-state index >= 15 is 0 Å². The van der Waals surface area contributed by atoms with Crippen molar-refractivity contribution in [1.82, 2.24) is 25.1 Å². The maximum Gasteiger partial charge on any atom is 0.233 e. The number of benzene rings is 1. The fourth-order valence-electron chi connectivity index (χ4n) is 6.84. The van der Waals surface area contributed by atoms with Gasteiger partial charge in [0.1, 0.15) is 0 Å². The fourth-order valence-corrected chi connectivity index (χ4v) is 7.69. The smallest absolute Gasteiger partial charge is 0.233 e. The number of nitrogens with zero attached hydrogens (tertiary/aromatic N) is 4. The first kappa shape index (κ1) is 21.8. The van der Waals surface area contributed by atoms with Gasteiger partial charge < -0.3 is 5.32 Å². The number of pyridine rings is 1. The van der Waals surface area contributed by atoms with E-state index in [1.807, 2.05) is 37.3 Å². The van der Waals surface area contributed by atoms with E-state index in [0.717, 1.165) is 34.3 Å². The molecule has 1 atom stereocenters. The molecule has 0 spiro atoms. The topological polar surface area (TPSA) is 72.7 Å². The van der Waals surface area contributed by atoms with Gasteiger partial charge in [0, 0.05) is 23.5 Å². The average Bonchev–Trinajstić information content (AvgIpc) is 3.21. The van der Waals surface area contributed by atoms with E-state index in [0.29, 0.717) is 6.54 Å². The number of aromatic nitrogens is 4. The van der Waals surface area contributed by atoms with Gasteiger partial charge in [0.25, 0.3) is 0 Å². The Hall–Kier alpha value is -2.67. The van der Waals surface area contributed by atoms with Gasteiger partial charge in [0.15, 0.2) is 11.0 Å². The Morgan fingerprint density at radius 2 is 1.68 bits per heavy atom. The maximum absolute atomic E-state index is 13.4. The molecule has 176 valence electrons. The zero-order chi connectivity index (χ0) is 23.1. The van der Waals surface area contributed by atoms with Crippen molar-refractivity contribution in [3.8, 4) is 11.4 Å². The summed E-state index contributed by atoms with van der Waals surface area (Å²) < 4.78 is 2.11. The third-order valence-corrected chi connectivity index (χ3v) is 9.00. The van der Waals surface area contributed by atoms with Crippen LogP contribution in [0.4, 0.5) is 0 Å². The summed E-state index contributed by atoms with van der Waals surface area (Å²) in [7, 11) is 0. The van der Waals surface area contributed by atoms with E-state index in [-0.39, 0.29) is 16.7 Å². The highest BCUT2D eigenvalue weighted by Crippen LogP contribution is 2.55. The van der Waals surface area contributed by atoms with Gasteiger partial charge in [0.05, 0.1) is 11.8 Å². The predicted octanol–water partition coefficient (Wildman–Crippen LogP) is 4.95. The first-order valence-electron chi connectivity index (χ1n) is 12.4. The lowest BCUT2D eigenvalue weighted by Gasteiger charge is -2.57. The Morgan fingerprint density at radius 1 is 1.03 bits per heavy atom. The zero-order valence-corrected chi connectivity index (χ0v) is 20.4. The van der Waals surface area contributed by atoms with E-state index in [1.54, 1.807) is 12.4 Å². The summed E-state index contributed by atoms with van der Waals surface area (Å²) in [5.41, 5.74) is 2.17. The molecule has 34 heavy (non-hydrogen) atoms. The predicted molar refractivity (Wildman–Crippen MR) is 133 cm³/mol. The normalized spacial score (nSPS) is 28.1. The van der Waals surface area contributed by atoms with Crippen LogP contribution < -0.4 is 5.32 Å². The lowest BCUT2D eigenvalue weighted by Crippen LogP contribution is -2.60. The molecule has 2 aromatic heterocycles. The minimum absolute atomic E-state index is 0.0283. The van der Waals surface area contributed by atoms with Gasteiger partial charge >= 0.3 is 0 Å². The fraction of sp³-hybridized carbons (Fsp3) is 0.481. The second kappa shape index (κ2) is 8.84. The Kier molecular flexibility index (Phi) is 5.68. The van der Waals surface area contributed by atoms with Gasteiger partial charge in [-0.1, -0.05) is 42.1 Å². The number of hydrogen-bond donors (Lipinski definition) is 1. The average molecular weight is 474 g/mol. The number of rotatable bonds is 7. The molecule has 4 fully saturated rings. The van der Waals surface area contributed by atoms with Crippen LogP contribution in [0.2, 0.25) is 0 Å². The van der Waals surface area contributed by atoms with E-state index in [1.165, 1.54) is 55.9 Å². The van der Waals surface area contributed by atoms with Crippen LogP contribution in [0.15, 0.2) is 60.0 Å². The molecule has 2 heterocycles. The van der Waals surface area contributed by atoms with Crippen molar-refractivity contribution in [3.63, 3.8) is 0 Å². The van der Waals surface area contributed by atoms with Crippen LogP contribution in [-0.2, 0) is 11.3 Å². The van der Waals surface area contributed by atoms with Crippen LogP contribution >= 0.6 is 11.8 Å². The third kappa shape index (κ3) is 4.26. The maximum atomic E-state index is 13.4. The molecule has 6 nitrogen and oxygen atoms in total. The van der Waals surface area contributed by atoms with Gasteiger partial charge in [-0.15, -0.1) is 10.2 Å². The molecule has 1 amide bonds. The highest BCUT2D eigenvalue weighted by atomic mass is 32.2. The van der Waals surface area contributed by atoms with Crippen LogP contribution in [0.5, 0.6) is 0 Å². The summed E-state index contributed by atoms with van der Waals surface area (Å²) >= 11 is 1.50. The number of nitrogens with one attached hydrogen (secondary N) is 1. The van der Waals surface area contributed by atoms with Crippen molar-refractivity contribution < 1.29 is 4.79 Å². The van der Waals surface area contributed by atoms with Crippen molar-refractivity contribution >= 4 is 17.7 Å². The second-order valence-corrected chi connectivity index (χ2v) is 11.9. The molecule has 1 N–H and O–H groups in total. The summed E-state index contributed by atoms with van der Waals surface area (Å²) in [4.78, 5) is 17.5. The summed E-state index contributed by atoms with van der Waals surface area (Å²) in [5.74, 6) is 3.36. The van der Waals surface area contributed by atoms with Crippen LogP contribution in [-0.4, -0.2) is 36.4 Å². The molecule has 3 aromatic rings. The summed E-state index contributed by atoms with van der Waals surface area (Å²) in [6.07, 6.45) is 11.2. The Labute approximate surface area is 205 Å². The van der Waals surface area contributed by atoms with Gasteiger partial charge in [0.2, 0.25) is 5.91 Å². The van der Waals surface area contributed by atoms with Crippen molar-refractivity contribution in [2.45, 2.75) is 67.9 Å². The van der Waals surface area contributed by atoms with Crippen molar-refractivity contribution in [1.29, 1.82) is 0 Å². The largest absolute Gasteiger partial charge is 0.350 e. The number of amides is 1. The molecular weight excluding hydrogens is 442 g/mol. The molecular formula is C27H31N5OS. The van der Waals surface area contributed by atoms with E-state index in [4.69, 9.17) is 0 Å². The first-order chi connectivity index (χ1) is 16.6. The molecule has 4 aliphatic rings. The number of hydrogen-bond acceptors (Lipinski definition) is 5. The zero-order valence-electron chi connectivity index (χ0n) is 19.6. The summed E-state index contributed by atoms with van der Waals surface area (Å²) in [6, 6.07) is 14.2. The number of carbonyl (C=O) groups excluding carboxylic acids is 1. The quantitative estimate of drug-likeness (QED) is 0.492. The minimum Gasteiger partial charge on any atom is -0.350 e. The number of carbonyl (C=O) groups is 1. The monoisotopic (exact) mass is 473 g/mol. The van der Waals surface area contributed by atoms with Crippen LogP contribution in [0.25, 0.3) is 11.4 Å².